The number of benzene rings is 3. The molecular weight excluding hydrogens is 512 g/mol. The monoisotopic (exact) mass is 524 g/mol. The van der Waals surface area contributed by atoms with Gasteiger partial charge in [-0.15, -0.1) is 0 Å². The number of alkyl halides is 3. The van der Waals surface area contributed by atoms with Crippen molar-refractivity contribution in [2.75, 3.05) is 9.44 Å². The molecule has 6 nitrogen and oxygen atoms in total. The molecule has 3 aromatic rings. The summed E-state index contributed by atoms with van der Waals surface area (Å²) in [7, 11) is -8.71. The zero-order chi connectivity index (χ0) is 23.7. The van der Waals surface area contributed by atoms with Crippen LogP contribution in [0.25, 0.3) is 0 Å². The number of sulfonamides is 2. The van der Waals surface area contributed by atoms with Gasteiger partial charge in [0.15, 0.2) is 0 Å². The van der Waals surface area contributed by atoms with Crippen molar-refractivity contribution in [2.45, 2.75) is 16.0 Å². The lowest BCUT2D eigenvalue weighted by Gasteiger charge is -2.16. The maximum absolute atomic E-state index is 13.0. The van der Waals surface area contributed by atoms with Crippen molar-refractivity contribution < 1.29 is 30.0 Å². The summed E-state index contributed by atoms with van der Waals surface area (Å²) in [5, 5.41) is 0.215. The zero-order valence-corrected chi connectivity index (χ0v) is 18.8. The lowest BCUT2D eigenvalue weighted by Crippen LogP contribution is -2.18. The zero-order valence-electron chi connectivity index (χ0n) is 15.7. The van der Waals surface area contributed by atoms with E-state index < -0.39 is 36.7 Å². The van der Waals surface area contributed by atoms with Crippen LogP contribution in [-0.2, 0) is 26.2 Å². The molecule has 2 N–H and O–H groups in total. The van der Waals surface area contributed by atoms with Gasteiger partial charge in [-0.25, -0.2) is 16.8 Å². The van der Waals surface area contributed by atoms with Gasteiger partial charge in [0.05, 0.1) is 26.7 Å². The van der Waals surface area contributed by atoms with Gasteiger partial charge >= 0.3 is 6.18 Å². The first-order valence-corrected chi connectivity index (χ1v) is 12.3. The van der Waals surface area contributed by atoms with E-state index in [-0.39, 0.29) is 26.3 Å². The Morgan fingerprint density at radius 1 is 0.656 bits per heavy atom. The average molecular weight is 525 g/mol. The first-order chi connectivity index (χ1) is 14.8. The van der Waals surface area contributed by atoms with Crippen LogP contribution in [0.1, 0.15) is 5.56 Å². The molecule has 0 fully saturated rings. The maximum Gasteiger partial charge on any atom is 0.416 e. The Balaban J connectivity index is 1.99. The Bertz CT molecular complexity index is 1380. The van der Waals surface area contributed by atoms with E-state index in [1.165, 1.54) is 36.4 Å². The van der Waals surface area contributed by atoms with Crippen molar-refractivity contribution in [2.24, 2.45) is 0 Å². The molecule has 0 amide bonds. The molecule has 0 aliphatic heterocycles. The van der Waals surface area contributed by atoms with Crippen molar-refractivity contribution in [3.05, 3.63) is 82.3 Å². The number of halogens is 5. The van der Waals surface area contributed by atoms with Gasteiger partial charge in [0.25, 0.3) is 20.0 Å². The summed E-state index contributed by atoms with van der Waals surface area (Å²) in [6.07, 6.45) is -4.75. The highest BCUT2D eigenvalue weighted by molar-refractivity contribution is 7.93. The van der Waals surface area contributed by atoms with Crippen LogP contribution in [0, 0.1) is 0 Å². The van der Waals surface area contributed by atoms with Gasteiger partial charge < -0.3 is 0 Å². The van der Waals surface area contributed by atoms with Gasteiger partial charge in [-0.3, -0.25) is 9.44 Å². The van der Waals surface area contributed by atoms with Crippen LogP contribution in [0.3, 0.4) is 0 Å². The largest absolute Gasteiger partial charge is 0.416 e. The number of anilines is 2. The molecule has 0 heterocycles. The minimum atomic E-state index is -4.75. The van der Waals surface area contributed by atoms with Crippen LogP contribution in [-0.4, -0.2) is 16.8 Å². The fourth-order valence-electron chi connectivity index (χ4n) is 2.57. The summed E-state index contributed by atoms with van der Waals surface area (Å²) < 4.78 is 93.9. The van der Waals surface area contributed by atoms with Gasteiger partial charge in [-0.1, -0.05) is 35.3 Å². The van der Waals surface area contributed by atoms with Crippen LogP contribution < -0.4 is 9.44 Å². The first-order valence-electron chi connectivity index (χ1n) is 8.56. The Morgan fingerprint density at radius 3 is 1.78 bits per heavy atom. The molecule has 13 heteroatoms. The summed E-state index contributed by atoms with van der Waals surface area (Å²) >= 11 is 11.7. The summed E-state index contributed by atoms with van der Waals surface area (Å²) in [5.41, 5.74) is -1.65. The van der Waals surface area contributed by atoms with Crippen LogP contribution in [0.15, 0.2) is 76.5 Å². The minimum Gasteiger partial charge on any atom is -0.277 e. The normalized spacial score (nSPS) is 12.4. The molecule has 32 heavy (non-hydrogen) atoms. The van der Waals surface area contributed by atoms with Crippen LogP contribution in [0.2, 0.25) is 10.0 Å². The van der Waals surface area contributed by atoms with E-state index in [2.05, 4.69) is 9.44 Å². The molecule has 0 atom stereocenters. The molecule has 0 bridgehead atoms. The lowest BCUT2D eigenvalue weighted by atomic mass is 10.2. The second-order valence-electron chi connectivity index (χ2n) is 6.38. The third kappa shape index (κ3) is 5.66. The van der Waals surface area contributed by atoms with Crippen LogP contribution in [0.5, 0.6) is 0 Å². The molecule has 0 unspecified atom stereocenters. The van der Waals surface area contributed by atoms with Crippen LogP contribution >= 0.6 is 23.2 Å². The van der Waals surface area contributed by atoms with Crippen molar-refractivity contribution in [3.8, 4) is 0 Å². The highest BCUT2D eigenvalue weighted by Crippen LogP contribution is 2.33. The maximum atomic E-state index is 13.0. The highest BCUT2D eigenvalue weighted by atomic mass is 35.5. The van der Waals surface area contributed by atoms with Crippen molar-refractivity contribution in [3.63, 3.8) is 0 Å². The fourth-order valence-corrected chi connectivity index (χ4v) is 5.24. The van der Waals surface area contributed by atoms with Gasteiger partial charge in [0.2, 0.25) is 0 Å². The van der Waals surface area contributed by atoms with E-state index in [0.717, 1.165) is 24.3 Å². The minimum absolute atomic E-state index is 0.0532. The molecular formula is C19H13Cl2F3N2O4S2. The molecule has 3 rings (SSSR count). The first kappa shape index (κ1) is 24.2. The van der Waals surface area contributed by atoms with Crippen LogP contribution in [0.4, 0.5) is 24.5 Å². The smallest absolute Gasteiger partial charge is 0.277 e. The van der Waals surface area contributed by atoms with E-state index in [0.29, 0.717) is 6.07 Å². The number of rotatable bonds is 6. The highest BCUT2D eigenvalue weighted by Gasteiger charge is 2.32. The topological polar surface area (TPSA) is 92.3 Å². The van der Waals surface area contributed by atoms with Crippen molar-refractivity contribution >= 4 is 54.6 Å². The van der Waals surface area contributed by atoms with Gasteiger partial charge in [0, 0.05) is 10.0 Å². The molecule has 0 aliphatic rings. The fraction of sp³-hybridized carbons (Fsp3) is 0.0526. The predicted octanol–water partition coefficient (Wildman–Crippen LogP) is 5.61. The van der Waals surface area contributed by atoms with Gasteiger partial charge in [0.1, 0.15) is 0 Å². The predicted molar refractivity (Wildman–Crippen MR) is 116 cm³/mol. The SMILES string of the molecule is O=S(=O)(Nc1ccc(Cl)cc1NS(=O)(=O)c1cccc(C(F)(F)F)c1)c1cccc(Cl)c1. The van der Waals surface area contributed by atoms with E-state index in [9.17, 15) is 30.0 Å². The third-order valence-electron chi connectivity index (χ3n) is 4.05. The molecule has 0 spiro atoms. The average Bonchev–Trinajstić information content (AvgIpc) is 2.69. The molecule has 0 radical (unpaired) electrons. The van der Waals surface area contributed by atoms with Gasteiger partial charge in [-0.05, 0) is 54.6 Å². The number of hydrogen-bond acceptors (Lipinski definition) is 4. The molecule has 0 saturated carbocycles. The molecule has 170 valence electrons. The van der Waals surface area contributed by atoms with E-state index in [1.54, 1.807) is 0 Å². The second-order valence-corrected chi connectivity index (χ2v) is 10.6. The standard InChI is InChI=1S/C19H13Cl2F3N2O4S2/c20-13-4-2-6-16(10-13)32(29,30)25-17-8-7-14(21)11-18(17)26-31(27,28)15-5-1-3-12(9-15)19(22,23)24/h1-11,25-26H. The quantitative estimate of drug-likeness (QED) is 0.438. The summed E-state index contributed by atoms with van der Waals surface area (Å²) in [5.74, 6) is 0. The Morgan fingerprint density at radius 2 is 1.19 bits per heavy atom. The Labute approximate surface area is 192 Å². The summed E-state index contributed by atoms with van der Waals surface area (Å²) in [6.45, 7) is 0. The second kappa shape index (κ2) is 8.81. The third-order valence-corrected chi connectivity index (χ3v) is 7.24. The molecule has 0 aromatic heterocycles. The number of nitrogens with one attached hydrogen (secondary N) is 2. The molecule has 0 aliphatic carbocycles. The Hall–Kier alpha value is -2.47. The molecule has 3 aromatic carbocycles. The Kier molecular flexibility index (Phi) is 6.66. The van der Waals surface area contributed by atoms with Gasteiger partial charge in [-0.2, -0.15) is 13.2 Å². The summed E-state index contributed by atoms with van der Waals surface area (Å²) in [4.78, 5) is -0.859. The van der Waals surface area contributed by atoms with Crippen molar-refractivity contribution in [1.29, 1.82) is 0 Å². The van der Waals surface area contributed by atoms with E-state index in [4.69, 9.17) is 23.2 Å². The molecule has 0 saturated heterocycles. The van der Waals surface area contributed by atoms with Crippen molar-refractivity contribution in [1.82, 2.24) is 0 Å². The summed E-state index contributed by atoms with van der Waals surface area (Å²) in [6, 6.07) is 12.1. The van der Waals surface area contributed by atoms with E-state index in [1.807, 2.05) is 0 Å². The van der Waals surface area contributed by atoms with E-state index >= 15 is 0 Å². The number of hydrogen-bond donors (Lipinski definition) is 2. The lowest BCUT2D eigenvalue weighted by molar-refractivity contribution is -0.137.